The van der Waals surface area contributed by atoms with Crippen LogP contribution >= 0.6 is 11.8 Å². The van der Waals surface area contributed by atoms with E-state index in [1.165, 1.54) is 17.3 Å². The van der Waals surface area contributed by atoms with Crippen LogP contribution in [0.1, 0.15) is 37.3 Å². The van der Waals surface area contributed by atoms with E-state index >= 15 is 0 Å². The molecule has 6 heteroatoms. The molecule has 0 aromatic heterocycles. The molecule has 28 heavy (non-hydrogen) atoms. The van der Waals surface area contributed by atoms with Gasteiger partial charge in [0.25, 0.3) is 5.91 Å². The Balaban J connectivity index is 1.89. The number of hydrogen-bond acceptors (Lipinski definition) is 4. The Morgan fingerprint density at radius 2 is 1.82 bits per heavy atom. The zero-order chi connectivity index (χ0) is 20.1. The molecule has 1 aliphatic heterocycles. The van der Waals surface area contributed by atoms with E-state index in [0.717, 1.165) is 5.56 Å². The van der Waals surface area contributed by atoms with Gasteiger partial charge < -0.3 is 5.11 Å². The number of aliphatic imine (C=N–C) groups is 1. The number of rotatable bonds is 6. The number of benzene rings is 2. The molecule has 0 bridgehead atoms. The molecule has 0 spiro atoms. The lowest BCUT2D eigenvalue weighted by atomic mass is 10.0. The number of nitrogens with zero attached hydrogens (tertiary/aromatic N) is 2. The summed E-state index contributed by atoms with van der Waals surface area (Å²) in [6.45, 7) is 4.27. The van der Waals surface area contributed by atoms with E-state index in [-0.39, 0.29) is 12.3 Å². The minimum atomic E-state index is -0.871. The number of amidine groups is 1. The van der Waals surface area contributed by atoms with Crippen LogP contribution in [0.15, 0.2) is 65.3 Å². The summed E-state index contributed by atoms with van der Waals surface area (Å²) in [5, 5.41) is 9.39. The normalized spacial score (nSPS) is 15.4. The van der Waals surface area contributed by atoms with Crippen LogP contribution in [0.4, 0.5) is 5.69 Å². The van der Waals surface area contributed by atoms with Gasteiger partial charge in [0.1, 0.15) is 5.70 Å². The first-order chi connectivity index (χ1) is 13.5. The van der Waals surface area contributed by atoms with Crippen LogP contribution in [0.3, 0.4) is 0 Å². The van der Waals surface area contributed by atoms with Gasteiger partial charge in [0.05, 0.1) is 12.1 Å². The molecule has 0 aliphatic carbocycles. The van der Waals surface area contributed by atoms with Crippen LogP contribution in [-0.4, -0.2) is 27.9 Å². The van der Waals surface area contributed by atoms with Gasteiger partial charge in [-0.1, -0.05) is 68.1 Å². The van der Waals surface area contributed by atoms with Crippen LogP contribution in [0.5, 0.6) is 0 Å². The minimum absolute atomic E-state index is 0.0101. The predicted molar refractivity (Wildman–Crippen MR) is 115 cm³/mol. The fraction of sp³-hybridized carbons (Fsp3) is 0.227. The predicted octanol–water partition coefficient (Wildman–Crippen LogP) is 4.76. The van der Waals surface area contributed by atoms with Crippen LogP contribution in [0.2, 0.25) is 0 Å². The molecule has 1 aliphatic rings. The largest absolute Gasteiger partial charge is 0.481 e. The average Bonchev–Trinajstić information content (AvgIpc) is 2.98. The Kier molecular flexibility index (Phi) is 6.31. The fourth-order valence-electron chi connectivity index (χ4n) is 2.76. The van der Waals surface area contributed by atoms with Crippen LogP contribution in [0.25, 0.3) is 6.08 Å². The molecule has 144 valence electrons. The molecule has 5 nitrogen and oxygen atoms in total. The number of carboxylic acid groups (broad SMARTS) is 1. The molecule has 1 N–H and O–H groups in total. The summed E-state index contributed by atoms with van der Waals surface area (Å²) in [4.78, 5) is 29.9. The summed E-state index contributed by atoms with van der Waals surface area (Å²) >= 11 is 1.27. The number of amides is 1. The Hall–Kier alpha value is -2.86. The van der Waals surface area contributed by atoms with Gasteiger partial charge in [-0.05, 0) is 35.3 Å². The minimum Gasteiger partial charge on any atom is -0.481 e. The van der Waals surface area contributed by atoms with Crippen molar-refractivity contribution in [2.75, 3.05) is 10.7 Å². The lowest BCUT2D eigenvalue weighted by Gasteiger charge is -2.17. The number of aliphatic carboxylic acids is 1. The van der Waals surface area contributed by atoms with E-state index in [2.05, 4.69) is 31.0 Å². The van der Waals surface area contributed by atoms with Gasteiger partial charge in [-0.2, -0.15) is 0 Å². The van der Waals surface area contributed by atoms with E-state index in [9.17, 15) is 9.59 Å². The third kappa shape index (κ3) is 4.70. The van der Waals surface area contributed by atoms with Gasteiger partial charge >= 0.3 is 5.97 Å². The highest BCUT2D eigenvalue weighted by atomic mass is 32.2. The Bertz CT molecular complexity index is 919. The maximum atomic E-state index is 13.0. The number of carbonyl (C=O) groups excluding carboxylic acids is 1. The second kappa shape index (κ2) is 8.89. The molecule has 2 aromatic carbocycles. The first kappa shape index (κ1) is 19.9. The van der Waals surface area contributed by atoms with Crippen LogP contribution in [-0.2, 0) is 9.59 Å². The molecule has 0 fully saturated rings. The van der Waals surface area contributed by atoms with Crippen molar-refractivity contribution < 1.29 is 14.7 Å². The number of anilines is 1. The molecule has 3 rings (SSSR count). The smallest absolute Gasteiger partial charge is 0.304 e. The van der Waals surface area contributed by atoms with Gasteiger partial charge in [-0.15, -0.1) is 0 Å². The molecule has 0 saturated heterocycles. The van der Waals surface area contributed by atoms with E-state index in [1.807, 2.05) is 42.5 Å². The van der Waals surface area contributed by atoms with E-state index in [1.54, 1.807) is 11.0 Å². The Morgan fingerprint density at radius 1 is 1.14 bits per heavy atom. The third-order valence-electron chi connectivity index (χ3n) is 4.30. The van der Waals surface area contributed by atoms with E-state index in [0.29, 0.717) is 28.2 Å². The average molecular weight is 394 g/mol. The molecule has 0 unspecified atom stereocenters. The molecule has 0 atom stereocenters. The zero-order valence-corrected chi connectivity index (χ0v) is 16.6. The van der Waals surface area contributed by atoms with Crippen molar-refractivity contribution in [1.82, 2.24) is 0 Å². The number of thioether (sulfide) groups is 1. The molecule has 0 saturated carbocycles. The van der Waals surface area contributed by atoms with Crippen molar-refractivity contribution in [3.05, 3.63) is 71.4 Å². The van der Waals surface area contributed by atoms with Crippen molar-refractivity contribution in [2.24, 2.45) is 4.99 Å². The molecule has 2 aromatic rings. The Labute approximate surface area is 168 Å². The molecule has 1 heterocycles. The maximum absolute atomic E-state index is 13.0. The summed E-state index contributed by atoms with van der Waals surface area (Å²) in [7, 11) is 0. The Morgan fingerprint density at radius 3 is 2.43 bits per heavy atom. The van der Waals surface area contributed by atoms with Gasteiger partial charge in [0, 0.05) is 5.75 Å². The first-order valence-electron chi connectivity index (χ1n) is 9.10. The number of hydrogen-bond donors (Lipinski definition) is 1. The summed E-state index contributed by atoms with van der Waals surface area (Å²) in [6, 6.07) is 17.3. The molecule has 1 amide bonds. The van der Waals surface area contributed by atoms with Crippen LogP contribution < -0.4 is 4.90 Å². The van der Waals surface area contributed by atoms with E-state index in [4.69, 9.17) is 5.11 Å². The lowest BCUT2D eigenvalue weighted by Crippen LogP contribution is -2.30. The van der Waals surface area contributed by atoms with Gasteiger partial charge in [-0.3, -0.25) is 14.5 Å². The molecular formula is C22H22N2O3S. The second-order valence-electron chi connectivity index (χ2n) is 6.71. The quantitative estimate of drug-likeness (QED) is 0.717. The number of para-hydroxylation sites is 1. The van der Waals surface area contributed by atoms with Crippen molar-refractivity contribution in [2.45, 2.75) is 26.2 Å². The number of carboxylic acids is 1. The third-order valence-corrected chi connectivity index (χ3v) is 5.24. The summed E-state index contributed by atoms with van der Waals surface area (Å²) in [5.41, 5.74) is 3.20. The highest BCUT2D eigenvalue weighted by Gasteiger charge is 2.31. The second-order valence-corrected chi connectivity index (χ2v) is 7.78. The molecular weight excluding hydrogens is 372 g/mol. The van der Waals surface area contributed by atoms with Gasteiger partial charge in [0.15, 0.2) is 5.17 Å². The van der Waals surface area contributed by atoms with Crippen molar-refractivity contribution >= 4 is 40.6 Å². The van der Waals surface area contributed by atoms with E-state index < -0.39 is 5.97 Å². The highest BCUT2D eigenvalue weighted by molar-refractivity contribution is 8.14. The summed E-state index contributed by atoms with van der Waals surface area (Å²) < 4.78 is 0. The fourth-order valence-corrected chi connectivity index (χ4v) is 3.70. The van der Waals surface area contributed by atoms with Crippen LogP contribution in [0, 0.1) is 0 Å². The van der Waals surface area contributed by atoms with Crippen molar-refractivity contribution in [3.63, 3.8) is 0 Å². The summed E-state index contributed by atoms with van der Waals surface area (Å²) in [5.74, 6) is -0.290. The molecule has 0 radical (unpaired) electrons. The topological polar surface area (TPSA) is 70.0 Å². The highest BCUT2D eigenvalue weighted by Crippen LogP contribution is 2.29. The standard InChI is InChI=1S/C22H22N2O3S/c1-15(2)17-10-8-16(9-11-17)14-19-21(27)24(18-6-4-3-5-7-18)22(23-19)28-13-12-20(25)26/h3-11,14-15H,12-13H2,1-2H3,(H,25,26)/b19-14-. The van der Waals surface area contributed by atoms with Gasteiger partial charge in [0.2, 0.25) is 0 Å². The van der Waals surface area contributed by atoms with Crippen molar-refractivity contribution in [3.8, 4) is 0 Å². The lowest BCUT2D eigenvalue weighted by molar-refractivity contribution is -0.136. The van der Waals surface area contributed by atoms with Gasteiger partial charge in [-0.25, -0.2) is 4.99 Å². The maximum Gasteiger partial charge on any atom is 0.304 e. The SMILES string of the molecule is CC(C)c1ccc(/C=C2\N=C(SCCC(=O)O)N(c3ccccc3)C2=O)cc1. The number of carbonyl (C=O) groups is 2. The monoisotopic (exact) mass is 394 g/mol. The zero-order valence-electron chi connectivity index (χ0n) is 15.8. The van der Waals surface area contributed by atoms with Crippen molar-refractivity contribution in [1.29, 1.82) is 0 Å². The summed E-state index contributed by atoms with van der Waals surface area (Å²) in [6.07, 6.45) is 1.78. The first-order valence-corrected chi connectivity index (χ1v) is 10.1.